The molecule has 6 nitrogen and oxygen atoms in total. The smallest absolute Gasteiger partial charge is 0.227 e. The quantitative estimate of drug-likeness (QED) is 0.766. The average molecular weight is 407 g/mol. The van der Waals surface area contributed by atoms with Crippen LogP contribution in [0.25, 0.3) is 0 Å². The minimum atomic E-state index is -0.290. The molecule has 6 heteroatoms. The molecule has 0 bridgehead atoms. The highest BCUT2D eigenvalue weighted by atomic mass is 16.2. The summed E-state index contributed by atoms with van der Waals surface area (Å²) in [5, 5.41) is 7.86. The van der Waals surface area contributed by atoms with Gasteiger partial charge in [-0.25, -0.2) is 0 Å². The number of carbonyl (C=O) groups excluding carboxylic acids is 2. The largest absolute Gasteiger partial charge is 0.354 e. The molecule has 1 unspecified atom stereocenters. The van der Waals surface area contributed by atoms with E-state index >= 15 is 0 Å². The molecular weight excluding hydrogens is 376 g/mol. The zero-order valence-corrected chi connectivity index (χ0v) is 17.9. The van der Waals surface area contributed by atoms with Crippen LogP contribution in [-0.4, -0.2) is 34.7 Å². The van der Waals surface area contributed by atoms with Crippen LogP contribution in [0.15, 0.2) is 24.3 Å². The lowest BCUT2D eigenvalue weighted by atomic mass is 10.1. The summed E-state index contributed by atoms with van der Waals surface area (Å²) >= 11 is 0. The molecule has 30 heavy (non-hydrogen) atoms. The molecule has 5 rings (SSSR count). The van der Waals surface area contributed by atoms with Crippen molar-refractivity contribution in [2.24, 2.45) is 5.92 Å². The summed E-state index contributed by atoms with van der Waals surface area (Å²) in [6.07, 6.45) is 5.29. The molecule has 1 saturated heterocycles. The predicted octanol–water partition coefficient (Wildman–Crippen LogP) is 3.42. The lowest BCUT2D eigenvalue weighted by molar-refractivity contribution is -0.126. The summed E-state index contributed by atoms with van der Waals surface area (Å²) in [5.74, 6) is 1.01. The van der Waals surface area contributed by atoms with E-state index in [9.17, 15) is 9.59 Å². The molecule has 3 fully saturated rings. The fourth-order valence-electron chi connectivity index (χ4n) is 4.37. The topological polar surface area (TPSA) is 67.2 Å². The van der Waals surface area contributed by atoms with Gasteiger partial charge in [0, 0.05) is 42.7 Å². The molecule has 2 aliphatic carbocycles. The third kappa shape index (κ3) is 3.87. The number of aromatic nitrogens is 2. The van der Waals surface area contributed by atoms with Crippen molar-refractivity contribution in [3.05, 3.63) is 46.8 Å². The van der Waals surface area contributed by atoms with Gasteiger partial charge in [-0.05, 0) is 68.9 Å². The maximum Gasteiger partial charge on any atom is 0.227 e. The molecule has 1 atom stereocenters. The van der Waals surface area contributed by atoms with Gasteiger partial charge in [0.1, 0.15) is 0 Å². The summed E-state index contributed by atoms with van der Waals surface area (Å²) in [6.45, 7) is 5.81. The maximum atomic E-state index is 12.7. The summed E-state index contributed by atoms with van der Waals surface area (Å²) < 4.78 is 2.10. The van der Waals surface area contributed by atoms with Crippen LogP contribution in [0.3, 0.4) is 0 Å². The first-order valence-electron chi connectivity index (χ1n) is 11.2. The van der Waals surface area contributed by atoms with Gasteiger partial charge in [0.15, 0.2) is 0 Å². The predicted molar refractivity (Wildman–Crippen MR) is 116 cm³/mol. The van der Waals surface area contributed by atoms with Crippen LogP contribution in [0.4, 0.5) is 5.69 Å². The Morgan fingerprint density at radius 2 is 1.87 bits per heavy atom. The number of rotatable bonds is 7. The van der Waals surface area contributed by atoms with Gasteiger partial charge in [0.25, 0.3) is 0 Å². The third-order valence-electron chi connectivity index (χ3n) is 6.74. The Balaban J connectivity index is 1.17. The standard InChI is InChI=1S/C24H30N4O2/c1-15-3-8-20(11-16(15)2)27-14-19(12-23(27)29)24(30)25-9-10-28-22(18-6-7-18)13-21(26-28)17-4-5-17/h3,8,11,13,17-19H,4-7,9-10,12,14H2,1-2H3,(H,25,30). The van der Waals surface area contributed by atoms with Crippen molar-refractivity contribution in [2.45, 2.75) is 64.3 Å². The van der Waals surface area contributed by atoms with Gasteiger partial charge in [-0.15, -0.1) is 0 Å². The first-order valence-corrected chi connectivity index (χ1v) is 11.2. The SMILES string of the molecule is Cc1ccc(N2CC(C(=O)NCCn3nc(C4CC4)cc3C3CC3)CC2=O)cc1C. The Morgan fingerprint density at radius 3 is 2.57 bits per heavy atom. The van der Waals surface area contributed by atoms with Crippen molar-refractivity contribution in [2.75, 3.05) is 18.0 Å². The molecule has 0 spiro atoms. The van der Waals surface area contributed by atoms with Crippen LogP contribution < -0.4 is 10.2 Å². The molecule has 1 aliphatic heterocycles. The first-order chi connectivity index (χ1) is 14.5. The fourth-order valence-corrected chi connectivity index (χ4v) is 4.37. The summed E-state index contributed by atoms with van der Waals surface area (Å²) in [6, 6.07) is 8.31. The van der Waals surface area contributed by atoms with E-state index in [1.54, 1.807) is 4.90 Å². The molecule has 3 aliphatic rings. The molecule has 0 radical (unpaired) electrons. The van der Waals surface area contributed by atoms with Gasteiger partial charge in [-0.2, -0.15) is 5.10 Å². The summed E-state index contributed by atoms with van der Waals surface area (Å²) in [5.41, 5.74) is 5.81. The Hall–Kier alpha value is -2.63. The summed E-state index contributed by atoms with van der Waals surface area (Å²) in [7, 11) is 0. The minimum absolute atomic E-state index is 0.0237. The van der Waals surface area contributed by atoms with E-state index in [-0.39, 0.29) is 24.2 Å². The van der Waals surface area contributed by atoms with E-state index in [1.165, 1.54) is 42.6 Å². The molecule has 2 saturated carbocycles. The fraction of sp³-hybridized carbons (Fsp3) is 0.542. The lowest BCUT2D eigenvalue weighted by Gasteiger charge is -2.18. The molecule has 2 aromatic rings. The van der Waals surface area contributed by atoms with E-state index in [0.29, 0.717) is 31.5 Å². The zero-order chi connectivity index (χ0) is 20.8. The number of benzene rings is 1. The Kier molecular flexibility index (Phi) is 4.88. The lowest BCUT2D eigenvalue weighted by Crippen LogP contribution is -2.35. The summed E-state index contributed by atoms with van der Waals surface area (Å²) in [4.78, 5) is 27.0. The number of hydrogen-bond acceptors (Lipinski definition) is 3. The van der Waals surface area contributed by atoms with Gasteiger partial charge < -0.3 is 10.2 Å². The Morgan fingerprint density at radius 1 is 1.10 bits per heavy atom. The number of aryl methyl sites for hydroxylation is 2. The number of nitrogens with zero attached hydrogens (tertiary/aromatic N) is 3. The van der Waals surface area contributed by atoms with Crippen LogP contribution in [0.1, 0.15) is 66.5 Å². The van der Waals surface area contributed by atoms with Crippen molar-refractivity contribution in [3.63, 3.8) is 0 Å². The van der Waals surface area contributed by atoms with Gasteiger partial charge >= 0.3 is 0 Å². The van der Waals surface area contributed by atoms with Crippen molar-refractivity contribution < 1.29 is 9.59 Å². The molecule has 1 N–H and O–H groups in total. The third-order valence-corrected chi connectivity index (χ3v) is 6.74. The van der Waals surface area contributed by atoms with Crippen LogP contribution in [0.5, 0.6) is 0 Å². The van der Waals surface area contributed by atoms with Crippen molar-refractivity contribution in [1.82, 2.24) is 15.1 Å². The number of nitrogens with one attached hydrogen (secondary N) is 1. The van der Waals surface area contributed by atoms with Gasteiger partial charge in [-0.3, -0.25) is 14.3 Å². The van der Waals surface area contributed by atoms with Gasteiger partial charge in [-0.1, -0.05) is 6.07 Å². The molecule has 2 heterocycles. The van der Waals surface area contributed by atoms with Crippen molar-refractivity contribution in [3.8, 4) is 0 Å². The highest BCUT2D eigenvalue weighted by molar-refractivity contribution is 6.00. The second-order valence-electron chi connectivity index (χ2n) is 9.23. The number of anilines is 1. The monoisotopic (exact) mass is 406 g/mol. The second kappa shape index (κ2) is 7.56. The Labute approximate surface area is 177 Å². The van der Waals surface area contributed by atoms with Gasteiger partial charge in [0.05, 0.1) is 18.2 Å². The van der Waals surface area contributed by atoms with Gasteiger partial charge in [0.2, 0.25) is 11.8 Å². The van der Waals surface area contributed by atoms with Crippen LogP contribution in [0.2, 0.25) is 0 Å². The number of carbonyl (C=O) groups is 2. The molecule has 158 valence electrons. The highest BCUT2D eigenvalue weighted by Crippen LogP contribution is 2.44. The molecule has 2 amide bonds. The van der Waals surface area contributed by atoms with E-state index in [4.69, 9.17) is 5.10 Å². The highest BCUT2D eigenvalue weighted by Gasteiger charge is 2.35. The minimum Gasteiger partial charge on any atom is -0.354 e. The normalized spacial score (nSPS) is 21.3. The molecule has 1 aromatic heterocycles. The van der Waals surface area contributed by atoms with Crippen LogP contribution in [-0.2, 0) is 16.1 Å². The van der Waals surface area contributed by atoms with Crippen molar-refractivity contribution >= 4 is 17.5 Å². The average Bonchev–Trinajstić information content (AvgIpc) is 3.66. The first kappa shape index (κ1) is 19.3. The van der Waals surface area contributed by atoms with Crippen molar-refractivity contribution in [1.29, 1.82) is 0 Å². The van der Waals surface area contributed by atoms with E-state index < -0.39 is 0 Å². The second-order valence-corrected chi connectivity index (χ2v) is 9.23. The number of amides is 2. The van der Waals surface area contributed by atoms with E-state index in [1.807, 2.05) is 25.1 Å². The Bertz CT molecular complexity index is 987. The molecular formula is C24H30N4O2. The zero-order valence-electron chi connectivity index (χ0n) is 17.9. The number of hydrogen-bond donors (Lipinski definition) is 1. The van der Waals surface area contributed by atoms with Crippen LogP contribution in [0, 0.1) is 19.8 Å². The molecule has 1 aromatic carbocycles. The van der Waals surface area contributed by atoms with E-state index in [0.717, 1.165) is 11.3 Å². The van der Waals surface area contributed by atoms with Crippen LogP contribution >= 0.6 is 0 Å². The maximum absolute atomic E-state index is 12.7. The van der Waals surface area contributed by atoms with E-state index in [2.05, 4.69) is 23.0 Å².